The normalized spacial score (nSPS) is 19.8. The summed E-state index contributed by atoms with van der Waals surface area (Å²) in [6.07, 6.45) is 6.39. The van der Waals surface area contributed by atoms with Gasteiger partial charge >= 0.3 is 5.63 Å². The number of thioether (sulfide) groups is 1. The average molecular weight is 420 g/mol. The first-order valence-corrected chi connectivity index (χ1v) is 9.93. The highest BCUT2D eigenvalue weighted by Gasteiger charge is 2.41. The standard InChI is InChI=1S/C19H24N4O5S/c1-5-7-14(15-9-13(26-4)10-16(24)28-15)21-18(25)19(20)11-29-17(22-19)12(3)23-27-8-6-2/h2,9-10,14H,5,7-8,11,20H2,1,3-4H3,(H,21,25)/b23-12+/t14-,19+/m1/s1. The summed E-state index contributed by atoms with van der Waals surface area (Å²) in [7, 11) is 1.45. The highest BCUT2D eigenvalue weighted by Crippen LogP contribution is 2.27. The maximum absolute atomic E-state index is 12.9. The molecule has 0 bridgehead atoms. The van der Waals surface area contributed by atoms with Crippen LogP contribution in [-0.4, -0.2) is 41.8 Å². The van der Waals surface area contributed by atoms with Crippen molar-refractivity contribution in [2.75, 3.05) is 19.5 Å². The zero-order chi connectivity index (χ0) is 21.4. The van der Waals surface area contributed by atoms with Crippen molar-refractivity contribution in [3.8, 4) is 18.1 Å². The monoisotopic (exact) mass is 420 g/mol. The first-order chi connectivity index (χ1) is 13.8. The Morgan fingerprint density at radius 3 is 3.00 bits per heavy atom. The Kier molecular flexibility index (Phi) is 7.87. The molecule has 3 N–H and O–H groups in total. The van der Waals surface area contributed by atoms with Gasteiger partial charge in [0.2, 0.25) is 0 Å². The van der Waals surface area contributed by atoms with E-state index in [9.17, 15) is 9.59 Å². The number of nitrogens with zero attached hydrogens (tertiary/aromatic N) is 2. The van der Waals surface area contributed by atoms with Gasteiger partial charge in [0.25, 0.3) is 5.91 Å². The Morgan fingerprint density at radius 1 is 1.59 bits per heavy atom. The third kappa shape index (κ3) is 5.85. The Labute approximate surface area is 173 Å². The molecule has 0 spiro atoms. The van der Waals surface area contributed by atoms with Gasteiger partial charge in [-0.2, -0.15) is 0 Å². The predicted octanol–water partition coefficient (Wildman–Crippen LogP) is 1.43. The van der Waals surface area contributed by atoms with E-state index in [0.29, 0.717) is 28.7 Å². The van der Waals surface area contributed by atoms with Gasteiger partial charge in [-0.05, 0) is 13.3 Å². The van der Waals surface area contributed by atoms with E-state index in [0.717, 1.165) is 6.42 Å². The number of nitrogens with two attached hydrogens (primary N) is 1. The predicted molar refractivity (Wildman–Crippen MR) is 112 cm³/mol. The van der Waals surface area contributed by atoms with Crippen molar-refractivity contribution < 1.29 is 18.8 Å². The molecule has 2 atom stereocenters. The molecule has 0 radical (unpaired) electrons. The van der Waals surface area contributed by atoms with E-state index >= 15 is 0 Å². The van der Waals surface area contributed by atoms with Gasteiger partial charge in [-0.25, -0.2) is 9.79 Å². The zero-order valence-corrected chi connectivity index (χ0v) is 17.4. The highest BCUT2D eigenvalue weighted by molar-refractivity contribution is 8.16. The fourth-order valence-corrected chi connectivity index (χ4v) is 3.58. The Hall–Kier alpha value is -2.77. The average Bonchev–Trinajstić information content (AvgIpc) is 3.11. The summed E-state index contributed by atoms with van der Waals surface area (Å²) in [6.45, 7) is 3.68. The van der Waals surface area contributed by atoms with Crippen LogP contribution in [0.1, 0.15) is 38.5 Å². The lowest BCUT2D eigenvalue weighted by Crippen LogP contribution is -2.54. The second kappa shape index (κ2) is 10.1. The minimum Gasteiger partial charge on any atom is -0.496 e. The van der Waals surface area contributed by atoms with Crippen LogP contribution in [0.25, 0.3) is 0 Å². The fraction of sp³-hybridized carbons (Fsp3) is 0.474. The first-order valence-electron chi connectivity index (χ1n) is 8.95. The molecule has 9 nitrogen and oxygen atoms in total. The molecule has 1 amide bonds. The number of amides is 1. The van der Waals surface area contributed by atoms with Gasteiger partial charge in [-0.1, -0.05) is 24.4 Å². The molecule has 0 saturated carbocycles. The number of ether oxygens (including phenoxy) is 1. The second-order valence-corrected chi connectivity index (χ2v) is 7.28. The maximum atomic E-state index is 12.9. The Balaban J connectivity index is 2.20. The molecule has 29 heavy (non-hydrogen) atoms. The summed E-state index contributed by atoms with van der Waals surface area (Å²) in [5, 5.41) is 7.20. The largest absolute Gasteiger partial charge is 0.496 e. The summed E-state index contributed by atoms with van der Waals surface area (Å²) in [4.78, 5) is 33.9. The molecule has 2 rings (SSSR count). The Bertz CT molecular complexity index is 905. The first kappa shape index (κ1) is 22.5. The smallest absolute Gasteiger partial charge is 0.339 e. The van der Waals surface area contributed by atoms with E-state index < -0.39 is 23.2 Å². The van der Waals surface area contributed by atoms with Gasteiger partial charge in [0.05, 0.1) is 19.2 Å². The van der Waals surface area contributed by atoms with Crippen LogP contribution in [-0.2, 0) is 9.63 Å². The number of hydrogen-bond donors (Lipinski definition) is 2. The van der Waals surface area contributed by atoms with Crippen LogP contribution in [0.3, 0.4) is 0 Å². The van der Waals surface area contributed by atoms with Crippen LogP contribution in [0.5, 0.6) is 5.75 Å². The van der Waals surface area contributed by atoms with Crippen molar-refractivity contribution in [1.82, 2.24) is 5.32 Å². The van der Waals surface area contributed by atoms with Crippen LogP contribution in [0, 0.1) is 12.3 Å². The number of aliphatic imine (C=N–C) groups is 1. The lowest BCUT2D eigenvalue weighted by atomic mass is 10.1. The van der Waals surface area contributed by atoms with Crippen LogP contribution in [0.4, 0.5) is 0 Å². The molecule has 1 aromatic rings. The second-order valence-electron chi connectivity index (χ2n) is 6.32. The summed E-state index contributed by atoms with van der Waals surface area (Å²) in [5.74, 6) is 2.70. The fourth-order valence-electron chi connectivity index (χ4n) is 2.55. The molecular weight excluding hydrogens is 396 g/mol. The minimum atomic E-state index is -1.48. The van der Waals surface area contributed by atoms with E-state index in [2.05, 4.69) is 21.4 Å². The van der Waals surface area contributed by atoms with E-state index in [4.69, 9.17) is 26.1 Å². The van der Waals surface area contributed by atoms with E-state index in [1.54, 1.807) is 13.0 Å². The molecule has 2 heterocycles. The number of methoxy groups -OCH3 is 1. The van der Waals surface area contributed by atoms with Crippen molar-refractivity contribution in [3.63, 3.8) is 0 Å². The quantitative estimate of drug-likeness (QED) is 0.268. The third-order valence-electron chi connectivity index (χ3n) is 4.01. The number of carbonyl (C=O) groups excluding carboxylic acids is 1. The highest BCUT2D eigenvalue weighted by atomic mass is 32.2. The SMILES string of the molecule is C#CCO/N=C(\C)C1=N[C@](N)(C(=O)N[C@H](CCC)c2cc(OC)cc(=O)o2)CS1. The van der Waals surface area contributed by atoms with Gasteiger partial charge in [-0.15, -0.1) is 18.2 Å². The van der Waals surface area contributed by atoms with Crippen molar-refractivity contribution in [2.45, 2.75) is 38.4 Å². The van der Waals surface area contributed by atoms with Crippen molar-refractivity contribution in [2.24, 2.45) is 15.9 Å². The van der Waals surface area contributed by atoms with Crippen LogP contribution < -0.4 is 21.4 Å². The van der Waals surface area contributed by atoms with Crippen molar-refractivity contribution in [3.05, 3.63) is 28.3 Å². The molecule has 1 aliphatic rings. The molecular formula is C19H24N4O5S. The number of carbonyl (C=O) groups is 1. The van der Waals surface area contributed by atoms with Crippen LogP contribution in [0.2, 0.25) is 0 Å². The molecule has 0 aliphatic carbocycles. The molecule has 10 heteroatoms. The third-order valence-corrected chi connectivity index (χ3v) is 5.25. The summed E-state index contributed by atoms with van der Waals surface area (Å²) < 4.78 is 10.4. The zero-order valence-electron chi connectivity index (χ0n) is 16.6. The topological polar surface area (TPSA) is 129 Å². The number of rotatable bonds is 9. The summed E-state index contributed by atoms with van der Waals surface area (Å²) >= 11 is 1.30. The van der Waals surface area contributed by atoms with E-state index in [1.807, 2.05) is 6.92 Å². The maximum Gasteiger partial charge on any atom is 0.339 e. The van der Waals surface area contributed by atoms with Crippen molar-refractivity contribution in [1.29, 1.82) is 0 Å². The molecule has 0 saturated heterocycles. The Morgan fingerprint density at radius 2 is 2.34 bits per heavy atom. The lowest BCUT2D eigenvalue weighted by molar-refractivity contribution is -0.126. The molecule has 1 aliphatic heterocycles. The van der Waals surface area contributed by atoms with Crippen molar-refractivity contribution >= 4 is 28.4 Å². The number of hydrogen-bond acceptors (Lipinski definition) is 9. The van der Waals surface area contributed by atoms with Gasteiger partial charge in [0.1, 0.15) is 22.3 Å². The molecule has 0 aromatic carbocycles. The van der Waals surface area contributed by atoms with Gasteiger partial charge in [0, 0.05) is 11.8 Å². The van der Waals surface area contributed by atoms with Gasteiger partial charge in [-0.3, -0.25) is 10.5 Å². The number of terminal acetylenes is 1. The molecule has 156 valence electrons. The van der Waals surface area contributed by atoms with Crippen LogP contribution in [0.15, 0.2) is 31.5 Å². The summed E-state index contributed by atoms with van der Waals surface area (Å²) in [6, 6.07) is 2.25. The molecule has 0 fully saturated rings. The van der Waals surface area contributed by atoms with E-state index in [1.165, 1.54) is 24.9 Å². The lowest BCUT2D eigenvalue weighted by Gasteiger charge is -2.23. The number of oxime groups is 1. The summed E-state index contributed by atoms with van der Waals surface area (Å²) in [5.41, 5.74) is 4.67. The minimum absolute atomic E-state index is 0.0357. The van der Waals surface area contributed by atoms with Crippen LogP contribution >= 0.6 is 11.8 Å². The molecule has 0 unspecified atom stereocenters. The van der Waals surface area contributed by atoms with Gasteiger partial charge < -0.3 is 19.3 Å². The number of nitrogens with one attached hydrogen (secondary N) is 1. The van der Waals surface area contributed by atoms with E-state index in [-0.39, 0.29) is 12.4 Å². The van der Waals surface area contributed by atoms with Gasteiger partial charge in [0.15, 0.2) is 12.3 Å². The molecule has 1 aromatic heterocycles.